The number of ether oxygens (including phenoxy) is 1. The Kier molecular flexibility index (Phi) is 0.224. The summed E-state index contributed by atoms with van der Waals surface area (Å²) >= 11 is 0. The van der Waals surface area contributed by atoms with Crippen LogP contribution in [0, 0.1) is 0 Å². The minimum Gasteiger partial charge on any atom is -0.363 e. The van der Waals surface area contributed by atoms with Crippen molar-refractivity contribution >= 4 is 0 Å². The van der Waals surface area contributed by atoms with E-state index in [0.717, 1.165) is 0 Å². The van der Waals surface area contributed by atoms with Crippen LogP contribution in [0.5, 0.6) is 0 Å². The number of hydrogen-bond donors (Lipinski definition) is 0. The second-order valence-corrected chi connectivity index (χ2v) is 3.09. The number of fused-ring (bicyclic) bond motifs is 1. The van der Waals surface area contributed by atoms with Gasteiger partial charge in [0, 0.05) is 0 Å². The summed E-state index contributed by atoms with van der Waals surface area (Å²) in [7, 11) is 0. The molecule has 0 aromatic carbocycles. The highest BCUT2D eigenvalue weighted by molar-refractivity contribution is 5.31. The van der Waals surface area contributed by atoms with Crippen molar-refractivity contribution in [3.8, 4) is 0 Å². The van der Waals surface area contributed by atoms with Crippen molar-refractivity contribution in [3.05, 3.63) is 0 Å². The Hall–Kier alpha value is -0.0400. The molecule has 0 bridgehead atoms. The van der Waals surface area contributed by atoms with Crippen molar-refractivity contribution in [1.29, 1.82) is 0 Å². The van der Waals surface area contributed by atoms with E-state index in [1.807, 2.05) is 0 Å². The summed E-state index contributed by atoms with van der Waals surface area (Å²) in [5.74, 6) is 0. The molecule has 38 valence electrons. The molecule has 1 saturated heterocycles. The second kappa shape index (κ2) is 0.510. The van der Waals surface area contributed by atoms with Crippen LogP contribution in [-0.2, 0) is 4.74 Å². The molecule has 7 heavy (non-hydrogen) atoms. The molecule has 3 fully saturated rings. The van der Waals surface area contributed by atoms with Crippen molar-refractivity contribution in [1.82, 2.24) is 0 Å². The first kappa shape index (κ1) is 3.08. The molecule has 0 unspecified atom stereocenters. The van der Waals surface area contributed by atoms with Gasteiger partial charge in [-0.15, -0.1) is 0 Å². The molecule has 3 rings (SSSR count). The van der Waals surface area contributed by atoms with Gasteiger partial charge in [0.05, 0.1) is 11.2 Å². The molecule has 3 aliphatic rings. The van der Waals surface area contributed by atoms with Crippen LogP contribution < -0.4 is 0 Å². The standard InChI is InChI=1S/C6H8O/c1-2-5(1)6(7-5)3-4-6/h1-4H2. The summed E-state index contributed by atoms with van der Waals surface area (Å²) in [6.45, 7) is 0. The van der Waals surface area contributed by atoms with Crippen LogP contribution in [0.25, 0.3) is 0 Å². The highest BCUT2D eigenvalue weighted by atomic mass is 16.6. The fourth-order valence-electron chi connectivity index (χ4n) is 1.69. The third-order valence-corrected chi connectivity index (χ3v) is 2.59. The predicted octanol–water partition coefficient (Wildman–Crippen LogP) is 1.08. The maximum Gasteiger partial charge on any atom is 0.0982 e. The molecule has 0 radical (unpaired) electrons. The Morgan fingerprint density at radius 2 is 1.29 bits per heavy atom. The Labute approximate surface area is 42.7 Å². The van der Waals surface area contributed by atoms with E-state index in [1.165, 1.54) is 25.7 Å². The van der Waals surface area contributed by atoms with E-state index in [9.17, 15) is 0 Å². The molecule has 1 heterocycles. The Balaban J connectivity index is 2.08. The van der Waals surface area contributed by atoms with Gasteiger partial charge in [0.1, 0.15) is 0 Å². The average molecular weight is 96.1 g/mol. The van der Waals surface area contributed by atoms with Gasteiger partial charge < -0.3 is 4.74 Å². The van der Waals surface area contributed by atoms with E-state index < -0.39 is 0 Å². The van der Waals surface area contributed by atoms with Gasteiger partial charge >= 0.3 is 0 Å². The number of epoxide rings is 1. The van der Waals surface area contributed by atoms with Crippen LogP contribution in [0.3, 0.4) is 0 Å². The topological polar surface area (TPSA) is 12.5 Å². The van der Waals surface area contributed by atoms with E-state index in [4.69, 9.17) is 4.74 Å². The van der Waals surface area contributed by atoms with Gasteiger partial charge in [-0.3, -0.25) is 0 Å². The van der Waals surface area contributed by atoms with Gasteiger partial charge in [0.15, 0.2) is 0 Å². The summed E-state index contributed by atoms with van der Waals surface area (Å²) in [5, 5.41) is 0. The summed E-state index contributed by atoms with van der Waals surface area (Å²) in [4.78, 5) is 0. The zero-order valence-corrected chi connectivity index (χ0v) is 4.24. The largest absolute Gasteiger partial charge is 0.363 e. The monoisotopic (exact) mass is 96.1 g/mol. The minimum atomic E-state index is 0.507. The van der Waals surface area contributed by atoms with Gasteiger partial charge in [0.25, 0.3) is 0 Å². The lowest BCUT2D eigenvalue weighted by atomic mass is 10.3. The minimum absolute atomic E-state index is 0.507. The van der Waals surface area contributed by atoms with E-state index in [2.05, 4.69) is 0 Å². The average Bonchev–Trinajstić information content (AvgIpc) is 2.38. The fraction of sp³-hybridized carbons (Fsp3) is 1.00. The predicted molar refractivity (Wildman–Crippen MR) is 25.0 cm³/mol. The lowest BCUT2D eigenvalue weighted by molar-refractivity contribution is 0.356. The lowest BCUT2D eigenvalue weighted by Crippen LogP contribution is -1.87. The first-order valence-electron chi connectivity index (χ1n) is 3.07. The fourth-order valence-corrected chi connectivity index (χ4v) is 1.69. The zero-order valence-electron chi connectivity index (χ0n) is 4.24. The van der Waals surface area contributed by atoms with Gasteiger partial charge in [0.2, 0.25) is 0 Å². The van der Waals surface area contributed by atoms with Crippen LogP contribution in [-0.4, -0.2) is 11.2 Å². The van der Waals surface area contributed by atoms with Crippen LogP contribution in [0.15, 0.2) is 0 Å². The van der Waals surface area contributed by atoms with Crippen LogP contribution >= 0.6 is 0 Å². The molecular formula is C6H8O. The van der Waals surface area contributed by atoms with Crippen molar-refractivity contribution < 1.29 is 4.74 Å². The molecule has 0 atom stereocenters. The van der Waals surface area contributed by atoms with E-state index in [1.54, 1.807) is 0 Å². The van der Waals surface area contributed by atoms with Gasteiger partial charge in [-0.2, -0.15) is 0 Å². The second-order valence-electron chi connectivity index (χ2n) is 3.09. The molecule has 0 N–H and O–H groups in total. The first-order chi connectivity index (χ1) is 3.37. The summed E-state index contributed by atoms with van der Waals surface area (Å²) < 4.78 is 5.51. The van der Waals surface area contributed by atoms with E-state index in [0.29, 0.717) is 11.2 Å². The van der Waals surface area contributed by atoms with Crippen LogP contribution in [0.1, 0.15) is 25.7 Å². The Morgan fingerprint density at radius 1 is 0.857 bits per heavy atom. The Bertz CT molecular complexity index is 115. The Morgan fingerprint density at radius 3 is 1.43 bits per heavy atom. The highest BCUT2D eigenvalue weighted by Crippen LogP contribution is 2.75. The first-order valence-corrected chi connectivity index (χ1v) is 3.07. The molecule has 0 aromatic heterocycles. The number of rotatable bonds is 0. The normalized spacial score (nSPS) is 44.6. The third-order valence-electron chi connectivity index (χ3n) is 2.59. The smallest absolute Gasteiger partial charge is 0.0982 e. The van der Waals surface area contributed by atoms with Gasteiger partial charge in [-0.25, -0.2) is 0 Å². The zero-order chi connectivity index (χ0) is 4.54. The van der Waals surface area contributed by atoms with Crippen molar-refractivity contribution in [2.24, 2.45) is 0 Å². The summed E-state index contributed by atoms with van der Waals surface area (Å²) in [5.41, 5.74) is 1.01. The van der Waals surface area contributed by atoms with E-state index >= 15 is 0 Å². The van der Waals surface area contributed by atoms with Crippen molar-refractivity contribution in [3.63, 3.8) is 0 Å². The van der Waals surface area contributed by atoms with Crippen molar-refractivity contribution in [2.45, 2.75) is 36.9 Å². The molecule has 2 saturated carbocycles. The highest BCUT2D eigenvalue weighted by Gasteiger charge is 2.82. The third kappa shape index (κ3) is 0.177. The molecule has 1 heteroatoms. The van der Waals surface area contributed by atoms with Crippen LogP contribution in [0.4, 0.5) is 0 Å². The maximum absolute atomic E-state index is 5.51. The SMILES string of the molecule is C1CC12OC21CC1. The molecule has 0 aromatic rings. The van der Waals surface area contributed by atoms with Gasteiger partial charge in [-0.1, -0.05) is 0 Å². The molecule has 2 spiro atoms. The van der Waals surface area contributed by atoms with Gasteiger partial charge in [-0.05, 0) is 25.7 Å². The summed E-state index contributed by atoms with van der Waals surface area (Å²) in [6, 6.07) is 0. The molecule has 0 amide bonds. The number of hydrogen-bond acceptors (Lipinski definition) is 1. The van der Waals surface area contributed by atoms with E-state index in [-0.39, 0.29) is 0 Å². The molecule has 1 aliphatic heterocycles. The summed E-state index contributed by atoms with van der Waals surface area (Å²) in [6.07, 6.45) is 5.47. The molecule has 1 nitrogen and oxygen atoms in total. The quantitative estimate of drug-likeness (QED) is 0.411. The van der Waals surface area contributed by atoms with Crippen LogP contribution in [0.2, 0.25) is 0 Å². The maximum atomic E-state index is 5.51. The molecular weight excluding hydrogens is 88.1 g/mol. The molecule has 2 aliphatic carbocycles. The lowest BCUT2D eigenvalue weighted by Gasteiger charge is -1.66. The van der Waals surface area contributed by atoms with Crippen molar-refractivity contribution in [2.75, 3.05) is 0 Å².